The summed E-state index contributed by atoms with van der Waals surface area (Å²) in [6.45, 7) is 6.67. The SMILES string of the molecule is CCCCN(CCCO)C(C)c1ccccn1. The first-order valence-corrected chi connectivity index (χ1v) is 6.55. The van der Waals surface area contributed by atoms with E-state index in [1.807, 2.05) is 18.3 Å². The minimum absolute atomic E-state index is 0.261. The second-order valence-electron chi connectivity index (χ2n) is 4.40. The molecule has 1 N–H and O–H groups in total. The van der Waals surface area contributed by atoms with Crippen LogP contribution in [0.3, 0.4) is 0 Å². The van der Waals surface area contributed by atoms with Crippen LogP contribution >= 0.6 is 0 Å². The van der Waals surface area contributed by atoms with Crippen LogP contribution in [0, 0.1) is 0 Å². The van der Waals surface area contributed by atoms with E-state index in [-0.39, 0.29) is 6.61 Å². The van der Waals surface area contributed by atoms with Crippen molar-refractivity contribution in [3.05, 3.63) is 30.1 Å². The fourth-order valence-corrected chi connectivity index (χ4v) is 1.94. The maximum atomic E-state index is 8.95. The summed E-state index contributed by atoms with van der Waals surface area (Å²) in [5.41, 5.74) is 1.11. The Balaban J connectivity index is 2.61. The van der Waals surface area contributed by atoms with Gasteiger partial charge in [-0.2, -0.15) is 0 Å². The third kappa shape index (κ3) is 4.84. The first-order chi connectivity index (χ1) is 8.29. The molecule has 17 heavy (non-hydrogen) atoms. The lowest BCUT2D eigenvalue weighted by Crippen LogP contribution is -2.30. The normalized spacial score (nSPS) is 12.9. The predicted octanol–water partition coefficient (Wildman–Crippen LogP) is 2.63. The second kappa shape index (κ2) is 8.20. The molecule has 0 radical (unpaired) electrons. The summed E-state index contributed by atoms with van der Waals surface area (Å²) in [6, 6.07) is 6.38. The highest BCUT2D eigenvalue weighted by Crippen LogP contribution is 2.18. The molecule has 1 unspecified atom stereocenters. The number of aliphatic hydroxyl groups is 1. The van der Waals surface area contributed by atoms with Gasteiger partial charge in [0.05, 0.1) is 5.69 Å². The molecule has 1 aromatic heterocycles. The average molecular weight is 236 g/mol. The molecule has 0 aromatic carbocycles. The number of pyridine rings is 1. The van der Waals surface area contributed by atoms with Gasteiger partial charge in [0.15, 0.2) is 0 Å². The smallest absolute Gasteiger partial charge is 0.0572 e. The Morgan fingerprint density at radius 1 is 1.29 bits per heavy atom. The van der Waals surface area contributed by atoms with Gasteiger partial charge in [-0.1, -0.05) is 19.4 Å². The molecule has 0 bridgehead atoms. The molecule has 3 heteroatoms. The summed E-state index contributed by atoms with van der Waals surface area (Å²) in [7, 11) is 0. The third-order valence-electron chi connectivity index (χ3n) is 3.07. The Kier molecular flexibility index (Phi) is 6.82. The van der Waals surface area contributed by atoms with Crippen molar-refractivity contribution in [2.24, 2.45) is 0 Å². The quantitative estimate of drug-likeness (QED) is 0.754. The zero-order valence-electron chi connectivity index (χ0n) is 11.0. The van der Waals surface area contributed by atoms with Crippen LogP contribution in [0.15, 0.2) is 24.4 Å². The first kappa shape index (κ1) is 14.1. The largest absolute Gasteiger partial charge is 0.396 e. The van der Waals surface area contributed by atoms with E-state index in [1.54, 1.807) is 0 Å². The summed E-state index contributed by atoms with van der Waals surface area (Å²) in [6.07, 6.45) is 5.07. The maximum Gasteiger partial charge on any atom is 0.0572 e. The van der Waals surface area contributed by atoms with Gasteiger partial charge in [-0.25, -0.2) is 0 Å². The Labute approximate surface area is 104 Å². The van der Waals surface area contributed by atoms with Crippen LogP contribution in [0.5, 0.6) is 0 Å². The van der Waals surface area contributed by atoms with Gasteiger partial charge in [0.25, 0.3) is 0 Å². The molecule has 0 fully saturated rings. The van der Waals surface area contributed by atoms with E-state index in [9.17, 15) is 0 Å². The van der Waals surface area contributed by atoms with E-state index in [0.717, 1.165) is 25.2 Å². The van der Waals surface area contributed by atoms with Gasteiger partial charge in [-0.15, -0.1) is 0 Å². The zero-order valence-corrected chi connectivity index (χ0v) is 11.0. The highest BCUT2D eigenvalue weighted by atomic mass is 16.3. The van der Waals surface area contributed by atoms with Crippen LogP contribution in [0.4, 0.5) is 0 Å². The van der Waals surface area contributed by atoms with E-state index < -0.39 is 0 Å². The first-order valence-electron chi connectivity index (χ1n) is 6.55. The van der Waals surface area contributed by atoms with Crippen LogP contribution in [-0.2, 0) is 0 Å². The van der Waals surface area contributed by atoms with Gasteiger partial charge in [0.1, 0.15) is 0 Å². The predicted molar refractivity (Wildman–Crippen MR) is 70.8 cm³/mol. The summed E-state index contributed by atoms with van der Waals surface area (Å²) in [5, 5.41) is 8.95. The summed E-state index contributed by atoms with van der Waals surface area (Å²) < 4.78 is 0. The van der Waals surface area contributed by atoms with Crippen molar-refractivity contribution in [1.82, 2.24) is 9.88 Å². The van der Waals surface area contributed by atoms with Crippen LogP contribution in [-0.4, -0.2) is 34.7 Å². The van der Waals surface area contributed by atoms with E-state index in [0.29, 0.717) is 6.04 Å². The summed E-state index contributed by atoms with van der Waals surface area (Å²) >= 11 is 0. The van der Waals surface area contributed by atoms with E-state index in [1.165, 1.54) is 12.8 Å². The number of hydrogen-bond acceptors (Lipinski definition) is 3. The molecular formula is C14H24N2O. The molecule has 0 amide bonds. The lowest BCUT2D eigenvalue weighted by molar-refractivity contribution is 0.179. The number of nitrogens with zero attached hydrogens (tertiary/aromatic N) is 2. The van der Waals surface area contributed by atoms with Gasteiger partial charge in [0, 0.05) is 25.4 Å². The van der Waals surface area contributed by atoms with Gasteiger partial charge < -0.3 is 5.11 Å². The van der Waals surface area contributed by atoms with Gasteiger partial charge in [0.2, 0.25) is 0 Å². The molecular weight excluding hydrogens is 212 g/mol. The zero-order chi connectivity index (χ0) is 12.5. The number of aliphatic hydroxyl groups excluding tert-OH is 1. The van der Waals surface area contributed by atoms with Crippen LogP contribution in [0.2, 0.25) is 0 Å². The Bertz CT molecular complexity index is 282. The average Bonchev–Trinajstić information content (AvgIpc) is 2.39. The van der Waals surface area contributed by atoms with Crippen molar-refractivity contribution >= 4 is 0 Å². The monoisotopic (exact) mass is 236 g/mol. The van der Waals surface area contributed by atoms with Crippen molar-refractivity contribution in [3.63, 3.8) is 0 Å². The summed E-state index contributed by atoms with van der Waals surface area (Å²) in [5.74, 6) is 0. The molecule has 1 rings (SSSR count). The standard InChI is InChI=1S/C14H24N2O/c1-3-4-10-16(11-7-12-17)13(2)14-8-5-6-9-15-14/h5-6,8-9,13,17H,3-4,7,10-12H2,1-2H3. The molecule has 0 aliphatic rings. The molecule has 3 nitrogen and oxygen atoms in total. The van der Waals surface area contributed by atoms with Crippen molar-refractivity contribution in [1.29, 1.82) is 0 Å². The molecule has 1 aromatic rings. The fourth-order valence-electron chi connectivity index (χ4n) is 1.94. The van der Waals surface area contributed by atoms with Crippen LogP contribution in [0.1, 0.15) is 44.8 Å². The highest BCUT2D eigenvalue weighted by molar-refractivity contribution is 5.07. The lowest BCUT2D eigenvalue weighted by Gasteiger charge is -2.28. The Morgan fingerprint density at radius 3 is 2.65 bits per heavy atom. The molecule has 96 valence electrons. The van der Waals surface area contributed by atoms with Crippen molar-refractivity contribution in [2.75, 3.05) is 19.7 Å². The van der Waals surface area contributed by atoms with E-state index >= 15 is 0 Å². The summed E-state index contributed by atoms with van der Waals surface area (Å²) in [4.78, 5) is 6.82. The molecule has 0 aliphatic heterocycles. The third-order valence-corrected chi connectivity index (χ3v) is 3.07. The fraction of sp³-hybridized carbons (Fsp3) is 0.643. The maximum absolute atomic E-state index is 8.95. The molecule has 0 aliphatic carbocycles. The lowest BCUT2D eigenvalue weighted by atomic mass is 10.1. The van der Waals surface area contributed by atoms with Crippen molar-refractivity contribution < 1.29 is 5.11 Å². The van der Waals surface area contributed by atoms with Crippen molar-refractivity contribution in [2.45, 2.75) is 39.2 Å². The minimum Gasteiger partial charge on any atom is -0.396 e. The van der Waals surface area contributed by atoms with Crippen LogP contribution < -0.4 is 0 Å². The van der Waals surface area contributed by atoms with Gasteiger partial charge >= 0.3 is 0 Å². The van der Waals surface area contributed by atoms with Crippen molar-refractivity contribution in [3.8, 4) is 0 Å². The Morgan fingerprint density at radius 2 is 2.06 bits per heavy atom. The number of hydrogen-bond donors (Lipinski definition) is 1. The second-order valence-corrected chi connectivity index (χ2v) is 4.40. The molecule has 0 saturated carbocycles. The number of rotatable bonds is 8. The van der Waals surface area contributed by atoms with E-state index in [2.05, 4.69) is 29.8 Å². The molecule has 1 heterocycles. The van der Waals surface area contributed by atoms with Gasteiger partial charge in [-0.3, -0.25) is 9.88 Å². The molecule has 0 saturated heterocycles. The highest BCUT2D eigenvalue weighted by Gasteiger charge is 2.15. The van der Waals surface area contributed by atoms with Crippen LogP contribution in [0.25, 0.3) is 0 Å². The Hall–Kier alpha value is -0.930. The minimum atomic E-state index is 0.261. The number of unbranched alkanes of at least 4 members (excludes halogenated alkanes) is 1. The molecule has 0 spiro atoms. The van der Waals surface area contributed by atoms with Gasteiger partial charge in [-0.05, 0) is 38.4 Å². The number of aromatic nitrogens is 1. The molecule has 1 atom stereocenters. The topological polar surface area (TPSA) is 36.4 Å². The van der Waals surface area contributed by atoms with E-state index in [4.69, 9.17) is 5.11 Å².